The van der Waals surface area contributed by atoms with Crippen LogP contribution in [0.1, 0.15) is 45.4 Å². The van der Waals surface area contributed by atoms with Crippen molar-refractivity contribution >= 4 is 0 Å². The van der Waals surface area contributed by atoms with Crippen molar-refractivity contribution in [1.82, 2.24) is 5.32 Å². The van der Waals surface area contributed by atoms with Gasteiger partial charge in [-0.05, 0) is 31.6 Å². The van der Waals surface area contributed by atoms with Gasteiger partial charge in [0.05, 0.1) is 0 Å². The second kappa shape index (κ2) is 5.13. The minimum Gasteiger partial charge on any atom is -0.381 e. The van der Waals surface area contributed by atoms with Crippen molar-refractivity contribution < 1.29 is 4.74 Å². The maximum atomic E-state index is 5.37. The van der Waals surface area contributed by atoms with Gasteiger partial charge in [-0.1, -0.05) is 19.8 Å². The first-order chi connectivity index (χ1) is 6.84. The first-order valence-corrected chi connectivity index (χ1v) is 6.18. The first-order valence-electron chi connectivity index (χ1n) is 6.18. The lowest BCUT2D eigenvalue weighted by molar-refractivity contribution is 0.0721. The Hall–Kier alpha value is -0.0800. The molecular weight excluding hydrogens is 174 g/mol. The van der Waals surface area contributed by atoms with Crippen molar-refractivity contribution in [2.24, 2.45) is 5.92 Å². The van der Waals surface area contributed by atoms with E-state index >= 15 is 0 Å². The lowest BCUT2D eigenvalue weighted by Gasteiger charge is -2.33. The molecule has 0 aromatic carbocycles. The van der Waals surface area contributed by atoms with E-state index in [1.165, 1.54) is 38.5 Å². The minimum absolute atomic E-state index is 0.735. The fourth-order valence-corrected chi connectivity index (χ4v) is 2.78. The van der Waals surface area contributed by atoms with Crippen molar-refractivity contribution in [1.29, 1.82) is 0 Å². The quantitative estimate of drug-likeness (QED) is 0.733. The molecule has 1 aliphatic heterocycles. The summed E-state index contributed by atoms with van der Waals surface area (Å²) in [6.45, 7) is 4.30. The molecule has 2 atom stereocenters. The Morgan fingerprint density at radius 2 is 1.79 bits per heavy atom. The molecule has 0 aromatic rings. The average molecular weight is 197 g/mol. The van der Waals surface area contributed by atoms with E-state index in [-0.39, 0.29) is 0 Å². The topological polar surface area (TPSA) is 21.3 Å². The lowest BCUT2D eigenvalue weighted by Crippen LogP contribution is -2.43. The van der Waals surface area contributed by atoms with E-state index in [0.29, 0.717) is 0 Å². The predicted molar refractivity (Wildman–Crippen MR) is 58.4 cm³/mol. The molecule has 82 valence electrons. The van der Waals surface area contributed by atoms with Gasteiger partial charge in [0.25, 0.3) is 0 Å². The number of ether oxygens (including phenoxy) is 1. The highest BCUT2D eigenvalue weighted by Gasteiger charge is 2.22. The molecule has 2 nitrogen and oxygen atoms in total. The third-order valence-electron chi connectivity index (χ3n) is 3.63. The van der Waals surface area contributed by atoms with Crippen LogP contribution in [0.5, 0.6) is 0 Å². The van der Waals surface area contributed by atoms with Crippen LogP contribution in [0.25, 0.3) is 0 Å². The SMILES string of the molecule is C[C@H]1CCC[C@H](NC2CCOCC2)C1. The Bertz CT molecular complexity index is 166. The molecule has 1 saturated carbocycles. The fourth-order valence-electron chi connectivity index (χ4n) is 2.78. The molecule has 2 heteroatoms. The standard InChI is InChI=1S/C12H23NO/c1-10-3-2-4-12(9-10)13-11-5-7-14-8-6-11/h10-13H,2-9H2,1H3/t10-,12-/m0/s1. The molecule has 0 radical (unpaired) electrons. The van der Waals surface area contributed by atoms with Gasteiger partial charge in [-0.25, -0.2) is 0 Å². The molecule has 0 unspecified atom stereocenters. The zero-order valence-corrected chi connectivity index (χ0v) is 9.30. The monoisotopic (exact) mass is 197 g/mol. The molecule has 1 aliphatic carbocycles. The predicted octanol–water partition coefficient (Wildman–Crippen LogP) is 2.33. The summed E-state index contributed by atoms with van der Waals surface area (Å²) in [6.07, 6.45) is 8.06. The van der Waals surface area contributed by atoms with E-state index in [1.807, 2.05) is 0 Å². The van der Waals surface area contributed by atoms with Crippen LogP contribution in [-0.2, 0) is 4.74 Å². The number of hydrogen-bond acceptors (Lipinski definition) is 2. The number of hydrogen-bond donors (Lipinski definition) is 1. The van der Waals surface area contributed by atoms with Crippen LogP contribution < -0.4 is 5.32 Å². The molecule has 0 bridgehead atoms. The second-order valence-corrected chi connectivity index (χ2v) is 5.02. The smallest absolute Gasteiger partial charge is 0.0480 e. The van der Waals surface area contributed by atoms with Gasteiger partial charge in [-0.15, -0.1) is 0 Å². The molecule has 0 amide bonds. The van der Waals surface area contributed by atoms with Crippen LogP contribution in [0.15, 0.2) is 0 Å². The average Bonchev–Trinajstić information content (AvgIpc) is 2.19. The van der Waals surface area contributed by atoms with Crippen molar-refractivity contribution in [2.45, 2.75) is 57.5 Å². The summed E-state index contributed by atoms with van der Waals surface area (Å²) < 4.78 is 5.37. The van der Waals surface area contributed by atoms with Gasteiger partial charge in [0.15, 0.2) is 0 Å². The van der Waals surface area contributed by atoms with Crippen LogP contribution in [0.4, 0.5) is 0 Å². The molecule has 2 aliphatic rings. The van der Waals surface area contributed by atoms with E-state index in [4.69, 9.17) is 4.74 Å². The molecule has 1 saturated heterocycles. The Labute approximate surface area is 87.4 Å². The zero-order chi connectivity index (χ0) is 9.80. The summed E-state index contributed by atoms with van der Waals surface area (Å²) in [4.78, 5) is 0. The molecular formula is C12H23NO. The molecule has 0 aromatic heterocycles. The van der Waals surface area contributed by atoms with Gasteiger partial charge in [-0.2, -0.15) is 0 Å². The summed E-state index contributed by atoms with van der Waals surface area (Å²) in [7, 11) is 0. The van der Waals surface area contributed by atoms with Crippen LogP contribution in [0.2, 0.25) is 0 Å². The first kappa shape index (κ1) is 10.4. The highest BCUT2D eigenvalue weighted by Crippen LogP contribution is 2.24. The van der Waals surface area contributed by atoms with Crippen molar-refractivity contribution in [3.05, 3.63) is 0 Å². The number of nitrogens with one attached hydrogen (secondary N) is 1. The van der Waals surface area contributed by atoms with E-state index in [9.17, 15) is 0 Å². The van der Waals surface area contributed by atoms with Crippen molar-refractivity contribution in [3.63, 3.8) is 0 Å². The summed E-state index contributed by atoms with van der Waals surface area (Å²) >= 11 is 0. The largest absolute Gasteiger partial charge is 0.381 e. The molecule has 1 heterocycles. The van der Waals surface area contributed by atoms with Gasteiger partial charge in [-0.3, -0.25) is 0 Å². The Morgan fingerprint density at radius 3 is 2.50 bits per heavy atom. The van der Waals surface area contributed by atoms with Crippen LogP contribution in [-0.4, -0.2) is 25.3 Å². The Morgan fingerprint density at radius 1 is 1.00 bits per heavy atom. The molecule has 0 spiro atoms. The normalized spacial score (nSPS) is 35.8. The summed E-state index contributed by atoms with van der Waals surface area (Å²) in [5.74, 6) is 0.932. The maximum absolute atomic E-state index is 5.37. The van der Waals surface area contributed by atoms with E-state index < -0.39 is 0 Å². The Balaban J connectivity index is 1.72. The molecule has 14 heavy (non-hydrogen) atoms. The van der Waals surface area contributed by atoms with Gasteiger partial charge in [0, 0.05) is 25.3 Å². The van der Waals surface area contributed by atoms with Gasteiger partial charge < -0.3 is 10.1 Å². The highest BCUT2D eigenvalue weighted by molar-refractivity contribution is 4.80. The fraction of sp³-hybridized carbons (Fsp3) is 1.00. The van der Waals surface area contributed by atoms with Crippen molar-refractivity contribution in [3.8, 4) is 0 Å². The third kappa shape index (κ3) is 2.96. The van der Waals surface area contributed by atoms with Gasteiger partial charge in [0.1, 0.15) is 0 Å². The van der Waals surface area contributed by atoms with Gasteiger partial charge in [0.2, 0.25) is 0 Å². The van der Waals surface area contributed by atoms with E-state index in [2.05, 4.69) is 12.2 Å². The van der Waals surface area contributed by atoms with Gasteiger partial charge >= 0.3 is 0 Å². The molecule has 2 fully saturated rings. The summed E-state index contributed by atoms with van der Waals surface area (Å²) in [6, 6.07) is 1.53. The zero-order valence-electron chi connectivity index (χ0n) is 9.30. The Kier molecular flexibility index (Phi) is 3.82. The summed E-state index contributed by atoms with van der Waals surface area (Å²) in [5.41, 5.74) is 0. The van der Waals surface area contributed by atoms with Crippen LogP contribution >= 0.6 is 0 Å². The second-order valence-electron chi connectivity index (χ2n) is 5.02. The maximum Gasteiger partial charge on any atom is 0.0480 e. The molecule has 2 rings (SSSR count). The number of rotatable bonds is 2. The minimum atomic E-state index is 0.735. The van der Waals surface area contributed by atoms with Crippen molar-refractivity contribution in [2.75, 3.05) is 13.2 Å². The highest BCUT2D eigenvalue weighted by atomic mass is 16.5. The van der Waals surface area contributed by atoms with Crippen LogP contribution in [0, 0.1) is 5.92 Å². The van der Waals surface area contributed by atoms with E-state index in [0.717, 1.165) is 31.2 Å². The summed E-state index contributed by atoms with van der Waals surface area (Å²) in [5, 5.41) is 3.81. The van der Waals surface area contributed by atoms with E-state index in [1.54, 1.807) is 0 Å². The van der Waals surface area contributed by atoms with Crippen LogP contribution in [0.3, 0.4) is 0 Å². The lowest BCUT2D eigenvalue weighted by atomic mass is 9.86. The third-order valence-corrected chi connectivity index (χ3v) is 3.63. The molecule has 1 N–H and O–H groups in total.